The summed E-state index contributed by atoms with van der Waals surface area (Å²) >= 11 is 0. The summed E-state index contributed by atoms with van der Waals surface area (Å²) in [6.07, 6.45) is -1.70. The number of anilines is 1. The van der Waals surface area contributed by atoms with E-state index in [9.17, 15) is 15.0 Å². The zero-order valence-corrected chi connectivity index (χ0v) is 8.51. The van der Waals surface area contributed by atoms with Crippen molar-refractivity contribution in [2.24, 2.45) is 0 Å². The molecule has 0 aromatic heterocycles. The highest BCUT2D eigenvalue weighted by atomic mass is 16.4. The number of aliphatic hydroxyl groups excluding tert-OH is 1. The van der Waals surface area contributed by atoms with E-state index in [1.54, 1.807) is 25.1 Å². The smallest absolute Gasteiger partial charge is 0.337 e. The van der Waals surface area contributed by atoms with Crippen LogP contribution in [-0.4, -0.2) is 35.4 Å². The van der Waals surface area contributed by atoms with Gasteiger partial charge in [-0.05, 0) is 18.2 Å². The number of phenols is 1. The number of aliphatic carboxylic acids is 1. The molecule has 5 heteroatoms. The van der Waals surface area contributed by atoms with Crippen molar-refractivity contribution in [1.82, 2.24) is 0 Å². The van der Waals surface area contributed by atoms with E-state index in [0.717, 1.165) is 0 Å². The minimum absolute atomic E-state index is 0.00583. The van der Waals surface area contributed by atoms with Crippen molar-refractivity contribution >= 4 is 11.7 Å². The summed E-state index contributed by atoms with van der Waals surface area (Å²) in [4.78, 5) is 12.3. The molecule has 0 heterocycles. The maximum atomic E-state index is 10.6. The summed E-state index contributed by atoms with van der Waals surface area (Å²) in [7, 11) is 3.56. The molecule has 5 nitrogen and oxygen atoms in total. The van der Waals surface area contributed by atoms with Crippen molar-refractivity contribution in [3.05, 3.63) is 23.8 Å². The van der Waals surface area contributed by atoms with Crippen LogP contribution in [0.15, 0.2) is 18.2 Å². The second kappa shape index (κ2) is 4.18. The topological polar surface area (TPSA) is 81.0 Å². The molecule has 0 saturated carbocycles. The van der Waals surface area contributed by atoms with E-state index < -0.39 is 12.1 Å². The lowest BCUT2D eigenvalue weighted by Gasteiger charge is -2.15. The fourth-order valence-corrected chi connectivity index (χ4v) is 1.17. The second-order valence-electron chi connectivity index (χ2n) is 3.38. The van der Waals surface area contributed by atoms with Crippen molar-refractivity contribution < 1.29 is 20.1 Å². The van der Waals surface area contributed by atoms with Gasteiger partial charge in [-0.25, -0.2) is 4.79 Å². The molecule has 0 fully saturated rings. The highest BCUT2D eigenvalue weighted by Gasteiger charge is 2.20. The van der Waals surface area contributed by atoms with E-state index in [2.05, 4.69) is 0 Å². The van der Waals surface area contributed by atoms with E-state index >= 15 is 0 Å². The molecule has 0 aliphatic rings. The molecule has 15 heavy (non-hydrogen) atoms. The number of carbonyl (C=O) groups is 1. The quantitative estimate of drug-likeness (QED) is 0.681. The number of benzene rings is 1. The predicted octanol–water partition coefficient (Wildman–Crippen LogP) is 0.576. The number of nitrogens with zero attached hydrogens (tertiary/aromatic N) is 1. The van der Waals surface area contributed by atoms with Gasteiger partial charge in [-0.1, -0.05) is 0 Å². The molecule has 82 valence electrons. The molecular weight excluding hydrogens is 198 g/mol. The molecule has 1 rings (SSSR count). The number of carboxylic acid groups (broad SMARTS) is 1. The van der Waals surface area contributed by atoms with Gasteiger partial charge in [-0.15, -0.1) is 0 Å². The van der Waals surface area contributed by atoms with Crippen molar-refractivity contribution in [3.8, 4) is 5.75 Å². The van der Waals surface area contributed by atoms with Crippen LogP contribution in [-0.2, 0) is 4.79 Å². The summed E-state index contributed by atoms with van der Waals surface area (Å²) in [6.45, 7) is 0. The summed E-state index contributed by atoms with van der Waals surface area (Å²) in [5.41, 5.74) is 0.705. The molecule has 1 aromatic carbocycles. The molecule has 0 aliphatic carbocycles. The zero-order valence-electron chi connectivity index (χ0n) is 8.51. The van der Waals surface area contributed by atoms with Gasteiger partial charge in [0.25, 0.3) is 0 Å². The number of phenolic OH excluding ortho intramolecular Hbond substituents is 1. The lowest BCUT2D eigenvalue weighted by atomic mass is 10.1. The first kappa shape index (κ1) is 11.3. The van der Waals surface area contributed by atoms with Crippen LogP contribution in [0.3, 0.4) is 0 Å². The molecule has 3 N–H and O–H groups in total. The van der Waals surface area contributed by atoms with Gasteiger partial charge in [0.15, 0.2) is 6.10 Å². The van der Waals surface area contributed by atoms with Gasteiger partial charge in [0, 0.05) is 25.3 Å². The molecule has 0 amide bonds. The highest BCUT2D eigenvalue weighted by Crippen LogP contribution is 2.28. The number of carboxylic acids is 1. The van der Waals surface area contributed by atoms with Crippen LogP contribution >= 0.6 is 0 Å². The van der Waals surface area contributed by atoms with Gasteiger partial charge < -0.3 is 20.2 Å². The van der Waals surface area contributed by atoms with Crippen molar-refractivity contribution in [2.45, 2.75) is 6.10 Å². The minimum atomic E-state index is -1.70. The van der Waals surface area contributed by atoms with Crippen molar-refractivity contribution in [2.75, 3.05) is 19.0 Å². The summed E-state index contributed by atoms with van der Waals surface area (Å²) in [5, 5.41) is 27.3. The van der Waals surface area contributed by atoms with Crippen LogP contribution in [0.1, 0.15) is 11.7 Å². The van der Waals surface area contributed by atoms with Crippen LogP contribution in [0.5, 0.6) is 5.75 Å². The molecule has 0 saturated heterocycles. The molecule has 0 radical (unpaired) electrons. The maximum Gasteiger partial charge on any atom is 0.337 e. The zero-order chi connectivity index (χ0) is 11.6. The van der Waals surface area contributed by atoms with E-state index in [1.807, 2.05) is 0 Å². The fourth-order valence-electron chi connectivity index (χ4n) is 1.17. The number of rotatable bonds is 3. The first-order chi connectivity index (χ1) is 6.93. The Bertz CT molecular complexity index is 376. The summed E-state index contributed by atoms with van der Waals surface area (Å²) in [5.74, 6) is -1.61. The standard InChI is InChI=1S/C10H13NO4/c1-11(2)6-3-4-8(12)7(5-6)9(13)10(14)15/h3-5,9,12-13H,1-2H3,(H,14,15). The molecular formula is C10H13NO4. The minimum Gasteiger partial charge on any atom is -0.508 e. The highest BCUT2D eigenvalue weighted by molar-refractivity contribution is 5.76. The van der Waals surface area contributed by atoms with Crippen LogP contribution in [0.25, 0.3) is 0 Å². The molecule has 1 unspecified atom stereocenters. The normalized spacial score (nSPS) is 12.2. The lowest BCUT2D eigenvalue weighted by Crippen LogP contribution is -2.13. The third kappa shape index (κ3) is 2.38. The van der Waals surface area contributed by atoms with Crippen molar-refractivity contribution in [1.29, 1.82) is 0 Å². The van der Waals surface area contributed by atoms with Crippen LogP contribution in [0, 0.1) is 0 Å². The van der Waals surface area contributed by atoms with Crippen LogP contribution < -0.4 is 4.90 Å². The maximum absolute atomic E-state index is 10.6. The third-order valence-corrected chi connectivity index (χ3v) is 2.06. The van der Waals surface area contributed by atoms with Crippen LogP contribution in [0.4, 0.5) is 5.69 Å². The Morgan fingerprint density at radius 1 is 1.40 bits per heavy atom. The summed E-state index contributed by atoms with van der Waals surface area (Å²) in [6, 6.07) is 4.43. The van der Waals surface area contributed by atoms with Gasteiger partial charge in [-0.3, -0.25) is 0 Å². The Morgan fingerprint density at radius 2 is 2.00 bits per heavy atom. The molecule has 1 aromatic rings. The van der Waals surface area contributed by atoms with Crippen molar-refractivity contribution in [3.63, 3.8) is 0 Å². The van der Waals surface area contributed by atoms with E-state index in [0.29, 0.717) is 5.69 Å². The Balaban J connectivity index is 3.16. The number of hydrogen-bond donors (Lipinski definition) is 3. The van der Waals surface area contributed by atoms with E-state index in [-0.39, 0.29) is 11.3 Å². The Kier molecular flexibility index (Phi) is 3.16. The third-order valence-electron chi connectivity index (χ3n) is 2.06. The Morgan fingerprint density at radius 3 is 2.47 bits per heavy atom. The number of aliphatic hydroxyl groups is 1. The number of hydrogen-bond acceptors (Lipinski definition) is 4. The van der Waals surface area contributed by atoms with Gasteiger partial charge >= 0.3 is 5.97 Å². The SMILES string of the molecule is CN(C)c1ccc(O)c(C(O)C(=O)O)c1. The van der Waals surface area contributed by atoms with Gasteiger partial charge in [0.2, 0.25) is 0 Å². The summed E-state index contributed by atoms with van der Waals surface area (Å²) < 4.78 is 0. The monoisotopic (exact) mass is 211 g/mol. The average molecular weight is 211 g/mol. The second-order valence-corrected chi connectivity index (χ2v) is 3.38. The predicted molar refractivity (Wildman–Crippen MR) is 55.0 cm³/mol. The van der Waals surface area contributed by atoms with E-state index in [4.69, 9.17) is 5.11 Å². The average Bonchev–Trinajstić information content (AvgIpc) is 2.16. The fraction of sp³-hybridized carbons (Fsp3) is 0.300. The molecule has 0 aliphatic heterocycles. The molecule has 0 spiro atoms. The molecule has 1 atom stereocenters. The van der Waals surface area contributed by atoms with Gasteiger partial charge in [0.05, 0.1) is 0 Å². The Hall–Kier alpha value is -1.75. The van der Waals surface area contributed by atoms with Gasteiger partial charge in [0.1, 0.15) is 5.75 Å². The Labute approximate surface area is 87.2 Å². The van der Waals surface area contributed by atoms with E-state index in [1.165, 1.54) is 12.1 Å². The largest absolute Gasteiger partial charge is 0.508 e. The molecule has 0 bridgehead atoms. The van der Waals surface area contributed by atoms with Gasteiger partial charge in [-0.2, -0.15) is 0 Å². The van der Waals surface area contributed by atoms with Crippen LogP contribution in [0.2, 0.25) is 0 Å². The number of aromatic hydroxyl groups is 1. The first-order valence-corrected chi connectivity index (χ1v) is 4.34. The first-order valence-electron chi connectivity index (χ1n) is 4.34. The lowest BCUT2D eigenvalue weighted by molar-refractivity contribution is -0.147.